The molecule has 0 aromatic heterocycles. The van der Waals surface area contributed by atoms with Gasteiger partial charge in [-0.05, 0) is 12.3 Å². The number of hydrogen-bond donors (Lipinski definition) is 0. The average Bonchev–Trinajstić information content (AvgIpc) is 1.83. The first-order valence-electron chi connectivity index (χ1n) is 3.30. The van der Waals surface area contributed by atoms with Crippen molar-refractivity contribution in [3.8, 4) is 0 Å². The maximum atomic E-state index is 4.91. The predicted octanol–water partition coefficient (Wildman–Crippen LogP) is 2.07. The Morgan fingerprint density at radius 1 is 1.50 bits per heavy atom. The van der Waals surface area contributed by atoms with Gasteiger partial charge in [-0.25, -0.2) is 0 Å². The van der Waals surface area contributed by atoms with Gasteiger partial charge in [0.15, 0.2) is 0 Å². The minimum atomic E-state index is 0.829. The fourth-order valence-corrected chi connectivity index (χ4v) is 0.523. The van der Waals surface area contributed by atoms with Crippen LogP contribution in [0.5, 0.6) is 0 Å². The molecule has 0 saturated carbocycles. The molecular formula is C7H16O. The Kier molecular flexibility index (Phi) is 5.08. The van der Waals surface area contributed by atoms with Crippen LogP contribution in [-0.4, -0.2) is 13.7 Å². The molecule has 0 bridgehead atoms. The summed E-state index contributed by atoms with van der Waals surface area (Å²) in [4.78, 5) is 0. The molecule has 1 nitrogen and oxygen atoms in total. The van der Waals surface area contributed by atoms with Crippen LogP contribution in [0.4, 0.5) is 0 Å². The second-order valence-electron chi connectivity index (χ2n) is 2.29. The Morgan fingerprint density at radius 2 is 2.12 bits per heavy atom. The quantitative estimate of drug-likeness (QED) is 0.546. The van der Waals surface area contributed by atoms with Crippen LogP contribution in [0.1, 0.15) is 26.7 Å². The molecule has 0 aromatic carbocycles. The number of methoxy groups -OCH3 is 1. The topological polar surface area (TPSA) is 9.23 Å². The molecule has 0 aliphatic heterocycles. The Labute approximate surface area is 52.0 Å². The van der Waals surface area contributed by atoms with Crippen LogP contribution in [0.25, 0.3) is 0 Å². The Balaban J connectivity index is 2.86. The third-order valence-electron chi connectivity index (χ3n) is 1.51. The smallest absolute Gasteiger partial charge is 0.0464 e. The molecule has 1 heteroatoms. The van der Waals surface area contributed by atoms with E-state index in [1.54, 1.807) is 7.11 Å². The Hall–Kier alpha value is -0.0400. The standard InChI is InChI=1S/C7H16O/c1-4-7(2)5-6-8-3/h7H,4-6H2,1-3H3. The van der Waals surface area contributed by atoms with Gasteiger partial charge in [-0.15, -0.1) is 0 Å². The van der Waals surface area contributed by atoms with E-state index >= 15 is 0 Å². The van der Waals surface area contributed by atoms with Gasteiger partial charge < -0.3 is 4.74 Å². The number of rotatable bonds is 4. The molecule has 0 rings (SSSR count). The lowest BCUT2D eigenvalue weighted by atomic mass is 10.1. The van der Waals surface area contributed by atoms with Crippen molar-refractivity contribution in [2.75, 3.05) is 13.7 Å². The van der Waals surface area contributed by atoms with Crippen molar-refractivity contribution in [2.24, 2.45) is 5.92 Å². The zero-order valence-electron chi connectivity index (χ0n) is 6.11. The van der Waals surface area contributed by atoms with E-state index in [0.717, 1.165) is 12.5 Å². The van der Waals surface area contributed by atoms with Crippen molar-refractivity contribution in [2.45, 2.75) is 26.7 Å². The summed E-state index contributed by atoms with van der Waals surface area (Å²) >= 11 is 0. The van der Waals surface area contributed by atoms with Crippen LogP contribution in [0.15, 0.2) is 0 Å². The molecule has 0 aromatic rings. The Morgan fingerprint density at radius 3 is 2.50 bits per heavy atom. The van der Waals surface area contributed by atoms with Crippen molar-refractivity contribution in [1.82, 2.24) is 0 Å². The minimum absolute atomic E-state index is 0.829. The van der Waals surface area contributed by atoms with Crippen LogP contribution < -0.4 is 0 Å². The first-order valence-corrected chi connectivity index (χ1v) is 3.30. The van der Waals surface area contributed by atoms with Gasteiger partial charge in [0.2, 0.25) is 0 Å². The van der Waals surface area contributed by atoms with E-state index < -0.39 is 0 Å². The molecule has 1 unspecified atom stereocenters. The third kappa shape index (κ3) is 4.13. The lowest BCUT2D eigenvalue weighted by Crippen LogP contribution is -1.97. The van der Waals surface area contributed by atoms with Crippen LogP contribution in [0.2, 0.25) is 0 Å². The number of ether oxygens (including phenoxy) is 1. The second kappa shape index (κ2) is 5.10. The highest BCUT2D eigenvalue weighted by atomic mass is 16.5. The van der Waals surface area contributed by atoms with Crippen LogP contribution in [0.3, 0.4) is 0 Å². The summed E-state index contributed by atoms with van der Waals surface area (Å²) in [6, 6.07) is 0. The van der Waals surface area contributed by atoms with Crippen LogP contribution in [-0.2, 0) is 4.74 Å². The molecule has 8 heavy (non-hydrogen) atoms. The Bertz CT molecular complexity index is 43.7. The molecule has 0 radical (unpaired) electrons. The lowest BCUT2D eigenvalue weighted by molar-refractivity contribution is 0.179. The molecule has 0 N–H and O–H groups in total. The monoisotopic (exact) mass is 116 g/mol. The van der Waals surface area contributed by atoms with Crippen molar-refractivity contribution < 1.29 is 4.74 Å². The molecule has 1 atom stereocenters. The summed E-state index contributed by atoms with van der Waals surface area (Å²) in [6.45, 7) is 5.37. The lowest BCUT2D eigenvalue weighted by Gasteiger charge is -2.04. The first kappa shape index (κ1) is 7.96. The molecule has 0 heterocycles. The molecule has 0 amide bonds. The van der Waals surface area contributed by atoms with Gasteiger partial charge in [0.1, 0.15) is 0 Å². The minimum Gasteiger partial charge on any atom is -0.385 e. The maximum Gasteiger partial charge on any atom is 0.0464 e. The summed E-state index contributed by atoms with van der Waals surface area (Å²) in [5.41, 5.74) is 0. The van der Waals surface area contributed by atoms with Gasteiger partial charge in [-0.2, -0.15) is 0 Å². The van der Waals surface area contributed by atoms with E-state index in [4.69, 9.17) is 4.74 Å². The highest BCUT2D eigenvalue weighted by Gasteiger charge is 1.95. The average molecular weight is 116 g/mol. The van der Waals surface area contributed by atoms with E-state index in [9.17, 15) is 0 Å². The van der Waals surface area contributed by atoms with Gasteiger partial charge in [-0.3, -0.25) is 0 Å². The molecule has 0 aliphatic rings. The maximum absolute atomic E-state index is 4.91. The summed E-state index contributed by atoms with van der Waals surface area (Å²) in [7, 11) is 1.75. The fourth-order valence-electron chi connectivity index (χ4n) is 0.523. The molecule has 0 saturated heterocycles. The highest BCUT2D eigenvalue weighted by molar-refractivity contribution is 4.46. The van der Waals surface area contributed by atoms with E-state index in [-0.39, 0.29) is 0 Å². The van der Waals surface area contributed by atoms with Gasteiger partial charge >= 0.3 is 0 Å². The molecular weight excluding hydrogens is 100 g/mol. The van der Waals surface area contributed by atoms with Crippen molar-refractivity contribution in [3.63, 3.8) is 0 Å². The van der Waals surface area contributed by atoms with Crippen molar-refractivity contribution >= 4 is 0 Å². The van der Waals surface area contributed by atoms with E-state index in [2.05, 4.69) is 13.8 Å². The normalized spacial score (nSPS) is 13.9. The zero-order chi connectivity index (χ0) is 6.41. The zero-order valence-corrected chi connectivity index (χ0v) is 6.11. The summed E-state index contributed by atoms with van der Waals surface area (Å²) in [6.07, 6.45) is 2.47. The van der Waals surface area contributed by atoms with E-state index in [1.165, 1.54) is 12.8 Å². The largest absolute Gasteiger partial charge is 0.385 e. The van der Waals surface area contributed by atoms with E-state index in [1.807, 2.05) is 0 Å². The predicted molar refractivity (Wildman–Crippen MR) is 35.9 cm³/mol. The van der Waals surface area contributed by atoms with Gasteiger partial charge in [0.25, 0.3) is 0 Å². The van der Waals surface area contributed by atoms with Gasteiger partial charge in [0, 0.05) is 13.7 Å². The van der Waals surface area contributed by atoms with Gasteiger partial charge in [-0.1, -0.05) is 20.3 Å². The SMILES string of the molecule is CCC(C)CCOC. The highest BCUT2D eigenvalue weighted by Crippen LogP contribution is 2.04. The second-order valence-corrected chi connectivity index (χ2v) is 2.29. The molecule has 0 spiro atoms. The molecule has 50 valence electrons. The van der Waals surface area contributed by atoms with Crippen LogP contribution >= 0.6 is 0 Å². The van der Waals surface area contributed by atoms with Crippen molar-refractivity contribution in [1.29, 1.82) is 0 Å². The molecule has 0 aliphatic carbocycles. The summed E-state index contributed by atoms with van der Waals surface area (Å²) in [5, 5.41) is 0. The molecule has 0 fully saturated rings. The van der Waals surface area contributed by atoms with Gasteiger partial charge in [0.05, 0.1) is 0 Å². The van der Waals surface area contributed by atoms with Crippen LogP contribution in [0, 0.1) is 5.92 Å². The summed E-state index contributed by atoms with van der Waals surface area (Å²) in [5.74, 6) is 0.829. The van der Waals surface area contributed by atoms with Crippen molar-refractivity contribution in [3.05, 3.63) is 0 Å². The first-order chi connectivity index (χ1) is 3.81. The van der Waals surface area contributed by atoms with E-state index in [0.29, 0.717) is 0 Å². The number of hydrogen-bond acceptors (Lipinski definition) is 1. The third-order valence-corrected chi connectivity index (χ3v) is 1.51. The summed E-state index contributed by atoms with van der Waals surface area (Å²) < 4.78 is 4.91. The fraction of sp³-hybridized carbons (Fsp3) is 1.00.